The van der Waals surface area contributed by atoms with Crippen LogP contribution < -0.4 is 50.8 Å². The van der Waals surface area contributed by atoms with E-state index >= 15 is 8.78 Å². The van der Waals surface area contributed by atoms with E-state index in [1.54, 1.807) is 24.3 Å². The number of unbranched alkanes of at least 4 members (excludes halogenated alkanes) is 1. The van der Waals surface area contributed by atoms with Gasteiger partial charge >= 0.3 is 12.1 Å². The first-order valence-corrected chi connectivity index (χ1v) is 32.9. The number of fused-ring (bicyclic) bond motifs is 2. The lowest BCUT2D eigenvalue weighted by molar-refractivity contribution is 0.0516. The van der Waals surface area contributed by atoms with Crippen molar-refractivity contribution in [2.24, 2.45) is 0 Å². The van der Waals surface area contributed by atoms with Crippen LogP contribution in [0.4, 0.5) is 18.4 Å². The third-order valence-electron chi connectivity index (χ3n) is 15.1. The maximum atomic E-state index is 15.5. The fourth-order valence-corrected chi connectivity index (χ4v) is 13.3. The second-order valence-electron chi connectivity index (χ2n) is 21.0. The Morgan fingerprint density at radius 3 is 1.26 bits per heavy atom. The number of rotatable bonds is 33. The van der Waals surface area contributed by atoms with Crippen LogP contribution in [-0.4, -0.2) is 195 Å². The van der Waals surface area contributed by atoms with Gasteiger partial charge in [0.15, 0.2) is 23.1 Å². The van der Waals surface area contributed by atoms with Crippen LogP contribution in [0.1, 0.15) is 58.4 Å². The van der Waals surface area contributed by atoms with Crippen molar-refractivity contribution in [2.45, 2.75) is 59.8 Å². The lowest BCUT2D eigenvalue weighted by Gasteiger charge is -2.36. The number of carbonyl (C=O) groups excluding carboxylic acids is 2. The third-order valence-corrected chi connectivity index (χ3v) is 18.5. The quantitative estimate of drug-likeness (QED) is 0.0316. The molecule has 0 aromatic heterocycles. The molecule has 24 nitrogen and oxygen atoms in total. The van der Waals surface area contributed by atoms with Crippen LogP contribution in [-0.2, 0) is 51.8 Å². The van der Waals surface area contributed by atoms with Crippen molar-refractivity contribution in [1.82, 2.24) is 51.1 Å². The first-order chi connectivity index (χ1) is 42.5. The maximum absolute atomic E-state index is 15.5. The molecule has 8 rings (SSSR count). The van der Waals surface area contributed by atoms with Gasteiger partial charge in [0.2, 0.25) is 20.0 Å². The van der Waals surface area contributed by atoms with Crippen molar-refractivity contribution < 1.29 is 63.6 Å². The van der Waals surface area contributed by atoms with E-state index in [-0.39, 0.29) is 124 Å². The van der Waals surface area contributed by atoms with Gasteiger partial charge in [-0.05, 0) is 109 Å². The summed E-state index contributed by atoms with van der Waals surface area (Å²) >= 11 is 12.7. The number of piperazine rings is 2. The van der Waals surface area contributed by atoms with Crippen LogP contribution in [0.5, 0.6) is 11.5 Å². The second kappa shape index (κ2) is 33.7. The summed E-state index contributed by atoms with van der Waals surface area (Å²) in [6, 6.07) is 16.9. The van der Waals surface area contributed by atoms with Crippen molar-refractivity contribution in [3.8, 4) is 23.6 Å². The van der Waals surface area contributed by atoms with Gasteiger partial charge < -0.3 is 60.3 Å². The lowest BCUT2D eigenvalue weighted by Crippen LogP contribution is -2.50. The highest BCUT2D eigenvalue weighted by Crippen LogP contribution is 2.43. The molecule has 4 amide bonds. The smallest absolute Gasteiger partial charge is 0.314 e. The third kappa shape index (κ3) is 19.2. The van der Waals surface area contributed by atoms with E-state index in [4.69, 9.17) is 51.6 Å². The zero-order valence-electron chi connectivity index (χ0n) is 48.5. The zero-order chi connectivity index (χ0) is 62.5. The van der Waals surface area contributed by atoms with Crippen LogP contribution >= 0.6 is 23.2 Å². The number of nitrogens with one attached hydrogen (secondary N) is 8. The molecule has 4 aromatic carbocycles. The highest BCUT2D eigenvalue weighted by Gasteiger charge is 2.42. The van der Waals surface area contributed by atoms with Gasteiger partial charge in [-0.25, -0.2) is 44.6 Å². The molecular weight excluding hydrogens is 1230 g/mol. The highest BCUT2D eigenvalue weighted by molar-refractivity contribution is 7.89. The van der Waals surface area contributed by atoms with Crippen molar-refractivity contribution in [3.63, 3.8) is 0 Å². The Morgan fingerprint density at radius 2 is 0.898 bits per heavy atom. The predicted molar refractivity (Wildman–Crippen MR) is 321 cm³/mol. The molecule has 0 radical (unpaired) electrons. The summed E-state index contributed by atoms with van der Waals surface area (Å²) in [6.45, 7) is 8.28. The number of hydrogen-bond donors (Lipinski definition) is 8. The Bertz CT molecular complexity index is 3120. The molecule has 4 aromatic rings. The van der Waals surface area contributed by atoms with Gasteiger partial charge in [0, 0.05) is 102 Å². The highest BCUT2D eigenvalue weighted by atomic mass is 35.5. The fourth-order valence-electron chi connectivity index (χ4n) is 10.8. The number of benzene rings is 4. The minimum absolute atomic E-state index is 0.0220. The molecule has 2 aliphatic heterocycles. The molecule has 0 spiro atoms. The van der Waals surface area contributed by atoms with Crippen LogP contribution in [0, 0.1) is 34.3 Å². The van der Waals surface area contributed by atoms with Gasteiger partial charge in [0.05, 0.1) is 98.0 Å². The summed E-state index contributed by atoms with van der Waals surface area (Å²) in [5.74, 6) is -1.96. The van der Waals surface area contributed by atoms with Crippen molar-refractivity contribution in [2.75, 3.05) is 144 Å². The maximum Gasteiger partial charge on any atom is 0.314 e. The van der Waals surface area contributed by atoms with Crippen LogP contribution in [0.3, 0.4) is 0 Å². The van der Waals surface area contributed by atoms with E-state index < -0.39 is 43.9 Å². The normalized spacial score (nSPS) is 18.6. The number of sulfonamides is 2. The van der Waals surface area contributed by atoms with Gasteiger partial charge in [0.25, 0.3) is 0 Å². The Labute approximate surface area is 521 Å². The van der Waals surface area contributed by atoms with Gasteiger partial charge in [-0.15, -0.1) is 0 Å². The Hall–Kier alpha value is -6.06. The number of hydrogen-bond acceptors (Lipinski definition) is 18. The fraction of sp³-hybridized carbons (Fsp3) is 0.517. The molecule has 30 heteroatoms. The molecule has 2 aliphatic carbocycles. The molecule has 0 bridgehead atoms. The molecular formula is C58H74Cl2F2N12O12S2. The molecule has 0 saturated carbocycles. The largest absolute Gasteiger partial charge is 0.481 e. The Kier molecular flexibility index (Phi) is 26.0. The van der Waals surface area contributed by atoms with E-state index in [1.807, 2.05) is 0 Å². The lowest BCUT2D eigenvalue weighted by atomic mass is 10.0. The van der Waals surface area contributed by atoms with E-state index in [0.29, 0.717) is 71.1 Å². The minimum Gasteiger partial charge on any atom is -0.481 e. The van der Waals surface area contributed by atoms with Gasteiger partial charge in [-0.3, -0.25) is 9.80 Å². The van der Waals surface area contributed by atoms with E-state index in [1.165, 1.54) is 24.3 Å². The Balaban J connectivity index is 0.593. The molecule has 2 fully saturated rings. The summed E-state index contributed by atoms with van der Waals surface area (Å²) in [6.07, 6.45) is 0.993. The molecule has 2 saturated heterocycles. The topological polar surface area (TPSA) is 308 Å². The number of nitrogens with zero attached hydrogens (tertiary/aromatic N) is 4. The van der Waals surface area contributed by atoms with Crippen LogP contribution in [0.15, 0.2) is 70.5 Å². The summed E-state index contributed by atoms with van der Waals surface area (Å²) in [4.78, 5) is 28.2. The molecule has 8 N–H and O–H groups in total. The predicted octanol–water partition coefficient (Wildman–Crippen LogP) is 3.62. The number of amides is 4. The summed E-state index contributed by atoms with van der Waals surface area (Å²) in [5, 5.41) is 37.8. The van der Waals surface area contributed by atoms with Crippen LogP contribution in [0.2, 0.25) is 10.0 Å². The average molecular weight is 1300 g/mol. The van der Waals surface area contributed by atoms with Crippen molar-refractivity contribution >= 4 is 55.3 Å². The second-order valence-corrected chi connectivity index (χ2v) is 25.4. The molecule has 4 aliphatic rings. The van der Waals surface area contributed by atoms with Gasteiger partial charge in [0.1, 0.15) is 12.2 Å². The molecule has 0 unspecified atom stereocenters. The zero-order valence-corrected chi connectivity index (χ0v) is 51.6. The Morgan fingerprint density at radius 1 is 0.534 bits per heavy atom. The molecule has 4 atom stereocenters. The van der Waals surface area contributed by atoms with Crippen molar-refractivity contribution in [1.29, 1.82) is 10.5 Å². The number of urea groups is 2. The molecule has 478 valence electrons. The number of halogens is 4. The standard InChI is InChI=1S/C58H74Cl2F2N12O12S2/c59-41-29-39(37-63)45-35-51(73-17-9-65-10-18-73)55(47(45)31-41)85-53-5-3-43(33-49(53)61)87(77,78)71-15-23-83-27-25-81-21-13-69-57(75)67-7-1-2-8-68-58(76)70-14-22-82-26-28-84-24-16-72-88(79,80)44-4-6-54(50(62)34-44)86-56-48-32-42(60)30-40(38-64)46(48)36-52(56)74-19-11-66-12-20-74/h3-6,29-34,51-52,55-56,65-66,71-72H,1-2,7-28,35-36H2,(H2,67,69,75)(H2,68,70,76)/t51-,52-,55-,56-/m0/s1. The number of nitriles is 2. The number of ether oxygens (including phenoxy) is 6. The summed E-state index contributed by atoms with van der Waals surface area (Å²) in [5.41, 5.74) is 3.90. The molecule has 2 heterocycles. The SMILES string of the molecule is N#Cc1cc(Cl)cc2c1C[C@H](N1CCNCC1)[C@H]2Oc1ccc(S(=O)(=O)NCCOCCOCCNC(=O)NCCCCNC(=O)NCCOCCOCCNS(=O)(=O)c2ccc(O[C@H]3c4cc(Cl)cc(C#N)c4C[C@@H]3N3CCNCC3)c(F)c2)cc1F. The average Bonchev–Trinajstić information content (AvgIpc) is 2.01. The van der Waals surface area contributed by atoms with E-state index in [2.05, 4.69) is 63.3 Å². The van der Waals surface area contributed by atoms with Gasteiger partial charge in [-0.1, -0.05) is 23.2 Å². The first-order valence-electron chi connectivity index (χ1n) is 29.2. The van der Waals surface area contributed by atoms with E-state index in [9.17, 15) is 36.9 Å². The van der Waals surface area contributed by atoms with Crippen molar-refractivity contribution in [3.05, 3.63) is 116 Å². The first kappa shape index (κ1) is 67.9. The van der Waals surface area contributed by atoms with E-state index in [0.717, 1.165) is 75.6 Å². The number of carbonyl (C=O) groups is 2. The van der Waals surface area contributed by atoms with Crippen LogP contribution in [0.25, 0.3) is 0 Å². The summed E-state index contributed by atoms with van der Waals surface area (Å²) in [7, 11) is -8.18. The minimum atomic E-state index is -4.09. The van der Waals surface area contributed by atoms with Gasteiger partial charge in [-0.2, -0.15) is 10.5 Å². The summed E-state index contributed by atoms with van der Waals surface area (Å²) < 4.78 is 122. The molecule has 88 heavy (non-hydrogen) atoms. The monoisotopic (exact) mass is 1300 g/mol.